The van der Waals surface area contributed by atoms with Gasteiger partial charge in [0.15, 0.2) is 5.03 Å². The van der Waals surface area contributed by atoms with E-state index in [1.807, 2.05) is 11.9 Å². The average molecular weight is 332 g/mol. The van der Waals surface area contributed by atoms with Crippen molar-refractivity contribution >= 4 is 16.9 Å². The van der Waals surface area contributed by atoms with Gasteiger partial charge in [0.2, 0.25) is 5.17 Å². The van der Waals surface area contributed by atoms with E-state index in [1.165, 1.54) is 11.8 Å². The summed E-state index contributed by atoms with van der Waals surface area (Å²) in [6.07, 6.45) is 2.77. The van der Waals surface area contributed by atoms with Gasteiger partial charge >= 0.3 is 0 Å². The first-order chi connectivity index (χ1) is 10.5. The zero-order valence-corrected chi connectivity index (χ0v) is 14.8. The van der Waals surface area contributed by atoms with Gasteiger partial charge in [-0.1, -0.05) is 25.6 Å². The lowest BCUT2D eigenvalue weighted by Gasteiger charge is -2.26. The molecular weight excluding hydrogens is 304 g/mol. The highest BCUT2D eigenvalue weighted by molar-refractivity contribution is 8.13. The quantitative estimate of drug-likeness (QED) is 0.292. The number of nitro groups is 1. The summed E-state index contributed by atoms with van der Waals surface area (Å²) < 4.78 is 5.52. The molecule has 1 aliphatic rings. The van der Waals surface area contributed by atoms with Gasteiger partial charge in [-0.25, -0.2) is 10.1 Å². The Balaban J connectivity index is 2.35. The molecule has 1 fully saturated rings. The summed E-state index contributed by atoms with van der Waals surface area (Å²) in [6, 6.07) is 0. The molecule has 1 heterocycles. The Labute approximate surface area is 137 Å². The third-order valence-electron chi connectivity index (χ3n) is 4.10. The molecule has 0 N–H and O–H groups in total. The van der Waals surface area contributed by atoms with Crippen molar-refractivity contribution in [3.05, 3.63) is 10.1 Å². The molecule has 2 unspecified atom stereocenters. The fourth-order valence-electron chi connectivity index (χ4n) is 2.62. The van der Waals surface area contributed by atoms with Crippen molar-refractivity contribution in [3.63, 3.8) is 0 Å². The normalized spacial score (nSPS) is 22.3. The Kier molecular flexibility index (Phi) is 8.74. The standard InChI is InChI=1S/C14H28N4O3S/c1-5-17(9-13-11-21-10-12(13)2)8-6-7-16(3)14(22-4)15-18(19)20/h12-13H,5-11H2,1-4H3. The first-order valence-corrected chi connectivity index (χ1v) is 8.98. The van der Waals surface area contributed by atoms with Gasteiger partial charge in [0.1, 0.15) is 0 Å². The van der Waals surface area contributed by atoms with E-state index in [1.54, 1.807) is 6.26 Å². The molecule has 128 valence electrons. The van der Waals surface area contributed by atoms with Crippen LogP contribution in [0.5, 0.6) is 0 Å². The Morgan fingerprint density at radius 2 is 2.18 bits per heavy atom. The topological polar surface area (TPSA) is 71.2 Å². The molecule has 0 aromatic carbocycles. The van der Waals surface area contributed by atoms with Crippen molar-refractivity contribution in [2.24, 2.45) is 16.9 Å². The van der Waals surface area contributed by atoms with E-state index in [0.717, 1.165) is 45.8 Å². The minimum Gasteiger partial charge on any atom is -0.381 e. The highest BCUT2D eigenvalue weighted by Crippen LogP contribution is 2.21. The molecule has 0 spiro atoms. The fourth-order valence-corrected chi connectivity index (χ4v) is 3.17. The summed E-state index contributed by atoms with van der Waals surface area (Å²) in [5.74, 6) is 1.25. The molecule has 1 saturated heterocycles. The van der Waals surface area contributed by atoms with E-state index in [9.17, 15) is 10.1 Å². The van der Waals surface area contributed by atoms with Crippen LogP contribution >= 0.6 is 11.8 Å². The Morgan fingerprint density at radius 1 is 1.45 bits per heavy atom. The second-order valence-corrected chi connectivity index (χ2v) is 6.54. The largest absolute Gasteiger partial charge is 0.381 e. The lowest BCUT2D eigenvalue weighted by molar-refractivity contribution is -0.485. The molecule has 0 aromatic heterocycles. The first-order valence-electron chi connectivity index (χ1n) is 7.76. The van der Waals surface area contributed by atoms with Crippen LogP contribution in [0.1, 0.15) is 20.3 Å². The minimum absolute atomic E-state index is 0.450. The van der Waals surface area contributed by atoms with E-state index in [0.29, 0.717) is 17.0 Å². The van der Waals surface area contributed by atoms with Crippen LogP contribution in [-0.2, 0) is 4.74 Å². The summed E-state index contributed by atoms with van der Waals surface area (Å²) in [5, 5.41) is 13.7. The fraction of sp³-hybridized carbons (Fsp3) is 0.929. The van der Waals surface area contributed by atoms with Gasteiger partial charge in [-0.05, 0) is 37.6 Å². The molecule has 0 bridgehead atoms. The predicted octanol–water partition coefficient (Wildman–Crippen LogP) is 1.82. The molecule has 22 heavy (non-hydrogen) atoms. The predicted molar refractivity (Wildman–Crippen MR) is 90.8 cm³/mol. The molecule has 1 rings (SSSR count). The van der Waals surface area contributed by atoms with Crippen LogP contribution in [0, 0.1) is 22.0 Å². The first kappa shape index (κ1) is 19.2. The van der Waals surface area contributed by atoms with Crippen molar-refractivity contribution in [2.45, 2.75) is 20.3 Å². The van der Waals surface area contributed by atoms with Crippen LogP contribution in [0.4, 0.5) is 0 Å². The van der Waals surface area contributed by atoms with Gasteiger partial charge < -0.3 is 14.5 Å². The number of ether oxygens (including phenoxy) is 1. The third kappa shape index (κ3) is 6.50. The van der Waals surface area contributed by atoms with Crippen molar-refractivity contribution in [3.8, 4) is 0 Å². The molecule has 0 radical (unpaired) electrons. The van der Waals surface area contributed by atoms with Gasteiger partial charge in [0, 0.05) is 26.7 Å². The second kappa shape index (κ2) is 10.0. The lowest BCUT2D eigenvalue weighted by atomic mass is 9.97. The monoisotopic (exact) mass is 332 g/mol. The van der Waals surface area contributed by atoms with E-state index < -0.39 is 5.03 Å². The van der Waals surface area contributed by atoms with E-state index in [2.05, 4.69) is 23.8 Å². The van der Waals surface area contributed by atoms with E-state index >= 15 is 0 Å². The van der Waals surface area contributed by atoms with Crippen molar-refractivity contribution in [1.29, 1.82) is 0 Å². The van der Waals surface area contributed by atoms with Gasteiger partial charge in [0.25, 0.3) is 0 Å². The van der Waals surface area contributed by atoms with Crippen LogP contribution in [0.3, 0.4) is 0 Å². The Bertz CT molecular complexity index is 381. The molecule has 2 atom stereocenters. The highest BCUT2D eigenvalue weighted by atomic mass is 32.2. The van der Waals surface area contributed by atoms with Gasteiger partial charge in [-0.2, -0.15) is 0 Å². The molecule has 0 aliphatic carbocycles. The summed E-state index contributed by atoms with van der Waals surface area (Å²) in [5.41, 5.74) is 0. The highest BCUT2D eigenvalue weighted by Gasteiger charge is 2.25. The third-order valence-corrected chi connectivity index (χ3v) is 4.86. The summed E-state index contributed by atoms with van der Waals surface area (Å²) in [7, 11) is 1.85. The van der Waals surface area contributed by atoms with Crippen LogP contribution in [-0.4, -0.2) is 72.7 Å². The van der Waals surface area contributed by atoms with Crippen LogP contribution in [0.2, 0.25) is 0 Å². The summed E-state index contributed by atoms with van der Waals surface area (Å²) in [6.45, 7) is 10.0. The molecular formula is C14H28N4O3S. The molecule has 7 nitrogen and oxygen atoms in total. The second-order valence-electron chi connectivity index (χ2n) is 5.77. The Morgan fingerprint density at radius 3 is 2.68 bits per heavy atom. The number of nitrogens with zero attached hydrogens (tertiary/aromatic N) is 4. The van der Waals surface area contributed by atoms with Crippen LogP contribution in [0.25, 0.3) is 0 Å². The average Bonchev–Trinajstić information content (AvgIpc) is 2.88. The number of rotatable bonds is 8. The van der Waals surface area contributed by atoms with Gasteiger partial charge in [-0.15, -0.1) is 0 Å². The van der Waals surface area contributed by atoms with Gasteiger partial charge in [0.05, 0.1) is 11.7 Å². The SMILES string of the molecule is CCN(CCCN(C)C(=N[N+](=O)[O-])SC)CC1COCC1C. The van der Waals surface area contributed by atoms with Gasteiger partial charge in [-0.3, -0.25) is 0 Å². The van der Waals surface area contributed by atoms with Crippen LogP contribution < -0.4 is 0 Å². The zero-order valence-electron chi connectivity index (χ0n) is 14.0. The summed E-state index contributed by atoms with van der Waals surface area (Å²) >= 11 is 1.30. The maximum absolute atomic E-state index is 10.5. The number of hydrazone groups is 1. The van der Waals surface area contributed by atoms with Crippen molar-refractivity contribution in [2.75, 3.05) is 52.7 Å². The zero-order chi connectivity index (χ0) is 16.5. The van der Waals surface area contributed by atoms with E-state index in [-0.39, 0.29) is 0 Å². The number of amidine groups is 1. The van der Waals surface area contributed by atoms with Crippen molar-refractivity contribution in [1.82, 2.24) is 9.80 Å². The number of hydrogen-bond donors (Lipinski definition) is 0. The van der Waals surface area contributed by atoms with Crippen LogP contribution in [0.15, 0.2) is 5.10 Å². The van der Waals surface area contributed by atoms with E-state index in [4.69, 9.17) is 4.74 Å². The molecule has 0 saturated carbocycles. The molecule has 8 heteroatoms. The summed E-state index contributed by atoms with van der Waals surface area (Å²) in [4.78, 5) is 14.8. The molecule has 0 aromatic rings. The lowest BCUT2D eigenvalue weighted by Crippen LogP contribution is -2.35. The Hall–Kier alpha value is -0.860. The maximum atomic E-state index is 10.5. The number of hydrogen-bond acceptors (Lipinski definition) is 5. The molecule has 0 amide bonds. The minimum atomic E-state index is -0.637. The smallest absolute Gasteiger partial charge is 0.237 e. The number of thioether (sulfide) groups is 1. The maximum Gasteiger partial charge on any atom is 0.237 e. The van der Waals surface area contributed by atoms with Crippen molar-refractivity contribution < 1.29 is 9.77 Å². The molecule has 1 aliphatic heterocycles.